The van der Waals surface area contributed by atoms with Crippen molar-refractivity contribution >= 4 is 52.3 Å². The summed E-state index contributed by atoms with van der Waals surface area (Å²) < 4.78 is 11.4. The van der Waals surface area contributed by atoms with Crippen molar-refractivity contribution in [1.29, 1.82) is 0 Å². The summed E-state index contributed by atoms with van der Waals surface area (Å²) in [6, 6.07) is 28.6. The van der Waals surface area contributed by atoms with Crippen molar-refractivity contribution in [3.63, 3.8) is 0 Å². The van der Waals surface area contributed by atoms with Crippen molar-refractivity contribution in [3.8, 4) is 11.5 Å². The van der Waals surface area contributed by atoms with Crippen LogP contribution in [-0.4, -0.2) is 61.6 Å². The van der Waals surface area contributed by atoms with Crippen LogP contribution in [0, 0.1) is 23.7 Å². The SMILES string of the molecule is CCOc1cccc(C2C3=CCC4C(=O)N(c5ccc(N6CCOCC6)cc5)C(=O)C4C3CC3C(=O)N(c4cccc(Cl)c4)C(=O)C32c2ccccc2)c1O. The van der Waals surface area contributed by atoms with Crippen molar-refractivity contribution < 1.29 is 33.8 Å². The van der Waals surface area contributed by atoms with E-state index in [1.807, 2.05) is 67.6 Å². The maximum Gasteiger partial charge on any atom is 0.246 e. The standard InChI is InChI=1S/C44H40ClN3O7/c1-2-55-36-13-7-12-33(39(36)49)38-31-18-19-32-37(42(52)47(40(32)50)29-16-14-28(15-17-29)46-20-22-54-23-21-46)34(31)25-35-41(51)48(30-11-6-10-27(45)24-30)43(53)44(35,38)26-8-4-3-5-9-26/h3-18,24,32,34-35,37-38,49H,2,19-23,25H2,1H3. The molecule has 9 rings (SSSR count). The van der Waals surface area contributed by atoms with Crippen molar-refractivity contribution in [2.75, 3.05) is 47.6 Å². The smallest absolute Gasteiger partial charge is 0.246 e. The Morgan fingerprint density at radius 3 is 2.25 bits per heavy atom. The van der Waals surface area contributed by atoms with E-state index in [-0.39, 0.29) is 36.2 Å². The molecule has 4 fully saturated rings. The van der Waals surface area contributed by atoms with Gasteiger partial charge in [-0.05, 0) is 79.8 Å². The molecule has 6 atom stereocenters. The highest BCUT2D eigenvalue weighted by Gasteiger charge is 2.70. The van der Waals surface area contributed by atoms with E-state index in [1.165, 1.54) is 9.80 Å². The number of fused-ring (bicyclic) bond motifs is 4. The van der Waals surface area contributed by atoms with Crippen LogP contribution in [0.5, 0.6) is 11.5 Å². The molecule has 280 valence electrons. The first-order valence-electron chi connectivity index (χ1n) is 18.9. The van der Waals surface area contributed by atoms with Crippen LogP contribution >= 0.6 is 11.6 Å². The topological polar surface area (TPSA) is 117 Å². The molecular formula is C44H40ClN3O7. The summed E-state index contributed by atoms with van der Waals surface area (Å²) in [5, 5.41) is 12.4. The van der Waals surface area contributed by atoms with Crippen molar-refractivity contribution in [3.05, 3.63) is 125 Å². The number of carbonyl (C=O) groups is 4. The molecule has 4 aromatic carbocycles. The number of anilines is 3. The number of nitrogens with zero attached hydrogens (tertiary/aromatic N) is 3. The summed E-state index contributed by atoms with van der Waals surface area (Å²) >= 11 is 6.43. The van der Waals surface area contributed by atoms with E-state index >= 15 is 9.59 Å². The average Bonchev–Trinajstić information content (AvgIpc) is 3.60. The third kappa shape index (κ3) is 5.33. The first kappa shape index (κ1) is 35.3. The number of imide groups is 2. The van der Waals surface area contributed by atoms with Gasteiger partial charge in [-0.15, -0.1) is 0 Å². The Morgan fingerprint density at radius 2 is 1.53 bits per heavy atom. The fraction of sp³-hybridized carbons (Fsp3) is 0.318. The molecule has 3 aliphatic heterocycles. The quantitative estimate of drug-likeness (QED) is 0.165. The monoisotopic (exact) mass is 757 g/mol. The number of phenolic OH excluding ortho intramolecular Hbond substituents is 1. The largest absolute Gasteiger partial charge is 0.504 e. The van der Waals surface area contributed by atoms with Gasteiger partial charge in [0.25, 0.3) is 0 Å². The van der Waals surface area contributed by atoms with Gasteiger partial charge in [-0.2, -0.15) is 0 Å². The fourth-order valence-electron chi connectivity index (χ4n) is 10.0. The first-order valence-corrected chi connectivity index (χ1v) is 19.3. The summed E-state index contributed by atoms with van der Waals surface area (Å²) in [5.74, 6) is -5.20. The second-order valence-corrected chi connectivity index (χ2v) is 15.3. The molecular weight excluding hydrogens is 718 g/mol. The second-order valence-electron chi connectivity index (χ2n) is 14.8. The molecule has 0 bridgehead atoms. The Balaban J connectivity index is 1.20. The Labute approximate surface area is 323 Å². The maximum absolute atomic E-state index is 15.5. The number of benzene rings is 4. The molecule has 1 saturated carbocycles. The predicted octanol–water partition coefficient (Wildman–Crippen LogP) is 6.65. The number of aromatic hydroxyl groups is 1. The van der Waals surface area contributed by atoms with Gasteiger partial charge < -0.3 is 19.5 Å². The molecule has 2 aliphatic carbocycles. The molecule has 55 heavy (non-hydrogen) atoms. The summed E-state index contributed by atoms with van der Waals surface area (Å²) in [7, 11) is 0. The second kappa shape index (κ2) is 13.7. The van der Waals surface area contributed by atoms with E-state index in [0.717, 1.165) is 24.4 Å². The minimum absolute atomic E-state index is 0.135. The third-order valence-electron chi connectivity index (χ3n) is 12.3. The molecule has 3 saturated heterocycles. The highest BCUT2D eigenvalue weighted by molar-refractivity contribution is 6.32. The number of amides is 4. The Kier molecular flexibility index (Phi) is 8.78. The van der Waals surface area contributed by atoms with E-state index < -0.39 is 46.8 Å². The summed E-state index contributed by atoms with van der Waals surface area (Å²) in [6.45, 7) is 4.90. The number of carbonyl (C=O) groups excluding carboxylic acids is 4. The summed E-state index contributed by atoms with van der Waals surface area (Å²) in [4.78, 5) is 64.3. The number of hydrogen-bond acceptors (Lipinski definition) is 8. The highest BCUT2D eigenvalue weighted by Crippen LogP contribution is 2.65. The predicted molar refractivity (Wildman–Crippen MR) is 207 cm³/mol. The van der Waals surface area contributed by atoms with Crippen LogP contribution < -0.4 is 19.4 Å². The van der Waals surface area contributed by atoms with E-state index in [0.29, 0.717) is 47.3 Å². The highest BCUT2D eigenvalue weighted by atomic mass is 35.5. The van der Waals surface area contributed by atoms with E-state index in [9.17, 15) is 14.7 Å². The molecule has 3 heterocycles. The van der Waals surface area contributed by atoms with Gasteiger partial charge in [-0.3, -0.25) is 24.1 Å². The van der Waals surface area contributed by atoms with Gasteiger partial charge in [-0.25, -0.2) is 4.90 Å². The van der Waals surface area contributed by atoms with Gasteiger partial charge in [0.2, 0.25) is 23.6 Å². The number of phenols is 1. The molecule has 4 amide bonds. The zero-order valence-corrected chi connectivity index (χ0v) is 31.0. The number of ether oxygens (including phenoxy) is 2. The zero-order chi connectivity index (χ0) is 38.0. The van der Waals surface area contributed by atoms with Gasteiger partial charge in [0, 0.05) is 35.3 Å². The van der Waals surface area contributed by atoms with Crippen molar-refractivity contribution in [1.82, 2.24) is 0 Å². The molecule has 0 radical (unpaired) electrons. The van der Waals surface area contributed by atoms with Gasteiger partial charge in [0.05, 0.1) is 54.4 Å². The lowest BCUT2D eigenvalue weighted by atomic mass is 9.49. The van der Waals surface area contributed by atoms with Crippen LogP contribution in [0.3, 0.4) is 0 Å². The van der Waals surface area contributed by atoms with E-state index in [2.05, 4.69) is 4.90 Å². The molecule has 1 N–H and O–H groups in total. The maximum atomic E-state index is 15.5. The number of hydrogen-bond donors (Lipinski definition) is 1. The van der Waals surface area contributed by atoms with Gasteiger partial charge in [0.1, 0.15) is 0 Å². The van der Waals surface area contributed by atoms with Crippen LogP contribution in [0.1, 0.15) is 36.8 Å². The first-order chi connectivity index (χ1) is 26.7. The van der Waals surface area contributed by atoms with Crippen LogP contribution in [0.2, 0.25) is 5.02 Å². The number of allylic oxidation sites excluding steroid dienone is 2. The molecule has 5 aliphatic rings. The van der Waals surface area contributed by atoms with Gasteiger partial charge in [-0.1, -0.05) is 71.8 Å². The number of rotatable bonds is 7. The lowest BCUT2D eigenvalue weighted by Crippen LogP contribution is -2.53. The molecule has 6 unspecified atom stereocenters. The van der Waals surface area contributed by atoms with Gasteiger partial charge >= 0.3 is 0 Å². The Morgan fingerprint density at radius 1 is 0.800 bits per heavy atom. The van der Waals surface area contributed by atoms with Crippen molar-refractivity contribution in [2.24, 2.45) is 23.7 Å². The van der Waals surface area contributed by atoms with Crippen LogP contribution in [0.15, 0.2) is 109 Å². The normalized spacial score (nSPS) is 27.5. The van der Waals surface area contributed by atoms with E-state index in [4.69, 9.17) is 21.1 Å². The minimum Gasteiger partial charge on any atom is -0.504 e. The lowest BCUT2D eigenvalue weighted by molar-refractivity contribution is -0.127. The number of halogens is 1. The van der Waals surface area contributed by atoms with E-state index in [1.54, 1.807) is 42.5 Å². The van der Waals surface area contributed by atoms with Crippen LogP contribution in [0.4, 0.5) is 17.1 Å². The Bertz CT molecular complexity index is 2240. The molecule has 10 nitrogen and oxygen atoms in total. The lowest BCUT2D eigenvalue weighted by Gasteiger charge is -2.50. The molecule has 0 spiro atoms. The van der Waals surface area contributed by atoms with Gasteiger partial charge in [0.15, 0.2) is 11.5 Å². The third-order valence-corrected chi connectivity index (χ3v) is 12.5. The number of morpholine rings is 1. The summed E-state index contributed by atoms with van der Waals surface area (Å²) in [6.07, 6.45) is 2.40. The van der Waals surface area contributed by atoms with Crippen molar-refractivity contribution in [2.45, 2.75) is 31.1 Å². The molecule has 4 aromatic rings. The van der Waals surface area contributed by atoms with Crippen LogP contribution in [0.25, 0.3) is 0 Å². The van der Waals surface area contributed by atoms with Crippen LogP contribution in [-0.2, 0) is 29.3 Å². The molecule has 11 heteroatoms. The zero-order valence-electron chi connectivity index (χ0n) is 30.3. The summed E-state index contributed by atoms with van der Waals surface area (Å²) in [5.41, 5.74) is 2.09. The molecule has 0 aromatic heterocycles. The average molecular weight is 758 g/mol. The Hall–Kier alpha value is -5.45. The fourth-order valence-corrected chi connectivity index (χ4v) is 10.2. The minimum atomic E-state index is -1.52. The number of para-hydroxylation sites is 1.